The summed E-state index contributed by atoms with van der Waals surface area (Å²) in [7, 11) is 0. The van der Waals surface area contributed by atoms with Gasteiger partial charge in [0.2, 0.25) is 5.91 Å². The van der Waals surface area contributed by atoms with Gasteiger partial charge in [-0.3, -0.25) is 9.48 Å². The average Bonchev–Trinajstić information content (AvgIpc) is 2.90. The second-order valence-electron chi connectivity index (χ2n) is 4.90. The Morgan fingerprint density at radius 1 is 1.40 bits per heavy atom. The highest BCUT2D eigenvalue weighted by atomic mass is 16.1. The van der Waals surface area contributed by atoms with E-state index in [2.05, 4.69) is 10.4 Å². The number of hydrogen-bond donors (Lipinski definition) is 2. The molecule has 0 radical (unpaired) electrons. The molecule has 5 heteroatoms. The third-order valence-electron chi connectivity index (χ3n) is 3.10. The van der Waals surface area contributed by atoms with E-state index in [0.717, 1.165) is 11.3 Å². The van der Waals surface area contributed by atoms with Gasteiger partial charge in [0, 0.05) is 30.5 Å². The van der Waals surface area contributed by atoms with E-state index in [1.165, 1.54) is 0 Å². The molecule has 3 N–H and O–H groups in total. The molecular weight excluding hydrogens is 252 g/mol. The topological polar surface area (TPSA) is 72.9 Å². The number of nitrogen functional groups attached to an aromatic ring is 1. The molecule has 1 atom stereocenters. The lowest BCUT2D eigenvalue weighted by Gasteiger charge is -2.14. The van der Waals surface area contributed by atoms with Crippen molar-refractivity contribution in [3.8, 4) is 0 Å². The van der Waals surface area contributed by atoms with E-state index in [-0.39, 0.29) is 11.9 Å². The molecule has 0 aliphatic rings. The Morgan fingerprint density at radius 2 is 2.20 bits per heavy atom. The Hall–Kier alpha value is -2.30. The minimum atomic E-state index is 0.0351. The molecule has 2 aromatic rings. The van der Waals surface area contributed by atoms with Crippen molar-refractivity contribution in [2.24, 2.45) is 0 Å². The Bertz CT molecular complexity index is 551. The maximum atomic E-state index is 11.9. The fourth-order valence-corrected chi connectivity index (χ4v) is 2.09. The monoisotopic (exact) mass is 272 g/mol. The number of para-hydroxylation sites is 1. The molecule has 1 unspecified atom stereocenters. The number of carbonyl (C=O) groups is 1. The van der Waals surface area contributed by atoms with Crippen LogP contribution in [0.15, 0.2) is 42.7 Å². The smallest absolute Gasteiger partial charge is 0.220 e. The van der Waals surface area contributed by atoms with Crippen molar-refractivity contribution < 1.29 is 4.79 Å². The molecule has 0 aliphatic heterocycles. The number of hydrogen-bond acceptors (Lipinski definition) is 3. The summed E-state index contributed by atoms with van der Waals surface area (Å²) in [6, 6.07) is 9.56. The van der Waals surface area contributed by atoms with E-state index in [9.17, 15) is 4.79 Å². The van der Waals surface area contributed by atoms with Crippen molar-refractivity contribution >= 4 is 11.6 Å². The SMILES string of the molecule is CC(Cn1cccn1)NC(=O)CCc1ccccc1N. The first-order valence-electron chi connectivity index (χ1n) is 6.75. The summed E-state index contributed by atoms with van der Waals surface area (Å²) in [5.41, 5.74) is 7.61. The number of nitrogens with zero attached hydrogens (tertiary/aromatic N) is 2. The van der Waals surface area contributed by atoms with Gasteiger partial charge in [0.1, 0.15) is 0 Å². The zero-order chi connectivity index (χ0) is 14.4. The largest absolute Gasteiger partial charge is 0.399 e. The highest BCUT2D eigenvalue weighted by molar-refractivity contribution is 5.76. The molecule has 1 amide bonds. The Balaban J connectivity index is 1.76. The summed E-state index contributed by atoms with van der Waals surface area (Å²) in [4.78, 5) is 11.9. The molecule has 1 aromatic carbocycles. The predicted octanol–water partition coefficient (Wildman–Crippen LogP) is 1.60. The van der Waals surface area contributed by atoms with Gasteiger partial charge in [-0.1, -0.05) is 18.2 Å². The van der Waals surface area contributed by atoms with Gasteiger partial charge in [0.25, 0.3) is 0 Å². The zero-order valence-corrected chi connectivity index (χ0v) is 11.6. The van der Waals surface area contributed by atoms with E-state index in [4.69, 9.17) is 5.73 Å². The number of benzene rings is 1. The van der Waals surface area contributed by atoms with E-state index >= 15 is 0 Å². The van der Waals surface area contributed by atoms with Crippen LogP contribution >= 0.6 is 0 Å². The lowest BCUT2D eigenvalue weighted by atomic mass is 10.1. The van der Waals surface area contributed by atoms with Crippen LogP contribution in [0.4, 0.5) is 5.69 Å². The molecule has 0 saturated carbocycles. The predicted molar refractivity (Wildman–Crippen MR) is 79.0 cm³/mol. The van der Waals surface area contributed by atoms with Crippen LogP contribution in [0, 0.1) is 0 Å². The van der Waals surface area contributed by atoms with E-state index in [1.54, 1.807) is 10.9 Å². The van der Waals surface area contributed by atoms with Gasteiger partial charge in [0.05, 0.1) is 6.54 Å². The van der Waals surface area contributed by atoms with Crippen molar-refractivity contribution in [1.29, 1.82) is 0 Å². The van der Waals surface area contributed by atoms with Gasteiger partial charge >= 0.3 is 0 Å². The molecule has 0 fully saturated rings. The van der Waals surface area contributed by atoms with E-state index in [0.29, 0.717) is 19.4 Å². The Labute approximate surface area is 118 Å². The van der Waals surface area contributed by atoms with Crippen LogP contribution in [0.3, 0.4) is 0 Å². The first-order valence-corrected chi connectivity index (χ1v) is 6.75. The van der Waals surface area contributed by atoms with Gasteiger partial charge in [-0.2, -0.15) is 5.10 Å². The van der Waals surface area contributed by atoms with Gasteiger partial charge < -0.3 is 11.1 Å². The summed E-state index contributed by atoms with van der Waals surface area (Å²) in [6.45, 7) is 2.64. The van der Waals surface area contributed by atoms with Crippen LogP contribution in [0.1, 0.15) is 18.9 Å². The van der Waals surface area contributed by atoms with Crippen LogP contribution < -0.4 is 11.1 Å². The molecule has 2 rings (SSSR count). The summed E-state index contributed by atoms with van der Waals surface area (Å²) in [6.07, 6.45) is 4.71. The third kappa shape index (κ3) is 4.12. The van der Waals surface area contributed by atoms with Gasteiger partial charge in [-0.05, 0) is 31.0 Å². The van der Waals surface area contributed by atoms with Crippen LogP contribution in [-0.2, 0) is 17.8 Å². The van der Waals surface area contributed by atoms with Crippen LogP contribution in [0.2, 0.25) is 0 Å². The fourth-order valence-electron chi connectivity index (χ4n) is 2.09. The van der Waals surface area contributed by atoms with Gasteiger partial charge in [-0.15, -0.1) is 0 Å². The fraction of sp³-hybridized carbons (Fsp3) is 0.333. The third-order valence-corrected chi connectivity index (χ3v) is 3.10. The highest BCUT2D eigenvalue weighted by Crippen LogP contribution is 2.12. The molecule has 0 aliphatic carbocycles. The molecule has 1 aromatic heterocycles. The number of aromatic nitrogens is 2. The second kappa shape index (κ2) is 6.75. The van der Waals surface area contributed by atoms with E-state index < -0.39 is 0 Å². The molecule has 0 saturated heterocycles. The number of aryl methyl sites for hydroxylation is 1. The Kier molecular flexibility index (Phi) is 4.76. The highest BCUT2D eigenvalue weighted by Gasteiger charge is 2.09. The number of anilines is 1. The second-order valence-corrected chi connectivity index (χ2v) is 4.90. The lowest BCUT2D eigenvalue weighted by Crippen LogP contribution is -2.35. The van der Waals surface area contributed by atoms with Crippen LogP contribution in [0.25, 0.3) is 0 Å². The van der Waals surface area contributed by atoms with Crippen LogP contribution in [-0.4, -0.2) is 21.7 Å². The summed E-state index contributed by atoms with van der Waals surface area (Å²) < 4.78 is 1.81. The van der Waals surface area contributed by atoms with E-state index in [1.807, 2.05) is 43.5 Å². The van der Waals surface area contributed by atoms with Crippen LogP contribution in [0.5, 0.6) is 0 Å². The average molecular weight is 272 g/mol. The molecule has 20 heavy (non-hydrogen) atoms. The number of nitrogens with two attached hydrogens (primary N) is 1. The minimum absolute atomic E-state index is 0.0351. The zero-order valence-electron chi connectivity index (χ0n) is 11.6. The molecular formula is C15H20N4O. The molecule has 1 heterocycles. The first-order chi connectivity index (χ1) is 9.65. The summed E-state index contributed by atoms with van der Waals surface area (Å²) in [5.74, 6) is 0.0351. The van der Waals surface area contributed by atoms with Crippen molar-refractivity contribution in [3.05, 3.63) is 48.3 Å². The van der Waals surface area contributed by atoms with Crippen molar-refractivity contribution in [3.63, 3.8) is 0 Å². The molecule has 106 valence electrons. The van der Waals surface area contributed by atoms with Crippen molar-refractivity contribution in [2.45, 2.75) is 32.4 Å². The summed E-state index contributed by atoms with van der Waals surface area (Å²) in [5, 5.41) is 7.08. The number of amides is 1. The van der Waals surface area contributed by atoms with Gasteiger partial charge in [-0.25, -0.2) is 0 Å². The number of nitrogens with one attached hydrogen (secondary N) is 1. The van der Waals surface area contributed by atoms with Crippen molar-refractivity contribution in [1.82, 2.24) is 15.1 Å². The first kappa shape index (κ1) is 14.1. The molecule has 0 bridgehead atoms. The van der Waals surface area contributed by atoms with Crippen molar-refractivity contribution in [2.75, 3.05) is 5.73 Å². The number of carbonyl (C=O) groups excluding carboxylic acids is 1. The van der Waals surface area contributed by atoms with Gasteiger partial charge in [0.15, 0.2) is 0 Å². The minimum Gasteiger partial charge on any atom is -0.399 e. The number of rotatable bonds is 6. The molecule has 5 nitrogen and oxygen atoms in total. The maximum absolute atomic E-state index is 11.9. The standard InChI is InChI=1S/C15H20N4O/c1-12(11-19-10-4-9-17-19)18-15(20)8-7-13-5-2-3-6-14(13)16/h2-6,9-10,12H,7-8,11,16H2,1H3,(H,18,20). The molecule has 0 spiro atoms. The quantitative estimate of drug-likeness (QED) is 0.785. The normalized spacial score (nSPS) is 12.1. The Morgan fingerprint density at radius 3 is 2.90 bits per heavy atom. The maximum Gasteiger partial charge on any atom is 0.220 e. The summed E-state index contributed by atoms with van der Waals surface area (Å²) >= 11 is 0. The lowest BCUT2D eigenvalue weighted by molar-refractivity contribution is -0.121.